The van der Waals surface area contributed by atoms with Gasteiger partial charge in [-0.25, -0.2) is 9.59 Å². The number of ether oxygens (including phenoxy) is 3. The Bertz CT molecular complexity index is 3490. The zero-order valence-corrected chi connectivity index (χ0v) is 37.0. The highest BCUT2D eigenvalue weighted by Gasteiger charge is 2.27. The molecule has 0 radical (unpaired) electrons. The van der Waals surface area contributed by atoms with Crippen molar-refractivity contribution in [1.82, 2.24) is 9.78 Å². The molecule has 0 aliphatic heterocycles. The van der Waals surface area contributed by atoms with Crippen molar-refractivity contribution in [2.24, 2.45) is 30.7 Å². The summed E-state index contributed by atoms with van der Waals surface area (Å²) in [6.07, 6.45) is 0. The summed E-state index contributed by atoms with van der Waals surface area (Å²) in [4.78, 5) is 21.6. The SMILES string of the molecule is COc1ccc(N=Nc2cc(OCCO)c(N=Nc3c(S(=O)(=O)O)cc4ccc(-n5nc(C(=O)O)c(N=Nc6ccc(S(=O)(=O)O)cc6C(=O)O)c5O)cc4c3O)cc2OCCO)c(S(=O)(=O)O)c1. The van der Waals surface area contributed by atoms with Crippen LogP contribution < -0.4 is 14.2 Å². The van der Waals surface area contributed by atoms with Gasteiger partial charge in [0.25, 0.3) is 30.4 Å². The highest BCUT2D eigenvalue weighted by molar-refractivity contribution is 7.86. The van der Waals surface area contributed by atoms with Crippen LogP contribution in [0.3, 0.4) is 0 Å². The Balaban J connectivity index is 1.47. The van der Waals surface area contributed by atoms with Crippen LogP contribution in [0.2, 0.25) is 0 Å². The molecule has 0 saturated carbocycles. The second-order valence-corrected chi connectivity index (χ2v) is 17.7. The van der Waals surface area contributed by atoms with E-state index in [0.29, 0.717) is 10.7 Å². The van der Waals surface area contributed by atoms with Gasteiger partial charge in [0.15, 0.2) is 11.4 Å². The molecule has 28 nitrogen and oxygen atoms in total. The van der Waals surface area contributed by atoms with Crippen molar-refractivity contribution in [2.45, 2.75) is 14.7 Å². The number of carbonyl (C=O) groups is 2. The maximum atomic E-state index is 12.7. The van der Waals surface area contributed by atoms with Crippen molar-refractivity contribution in [1.29, 1.82) is 0 Å². The maximum Gasteiger partial charge on any atom is 0.358 e. The van der Waals surface area contributed by atoms with Crippen LogP contribution in [-0.4, -0.2) is 125 Å². The highest BCUT2D eigenvalue weighted by Crippen LogP contribution is 2.46. The van der Waals surface area contributed by atoms with E-state index < -0.39 is 117 Å². The summed E-state index contributed by atoms with van der Waals surface area (Å²) in [5.41, 5.74) is -5.21. The Labute approximate surface area is 386 Å². The Hall–Kier alpha value is -8.04. The monoisotopic (exact) mass is 1020 g/mol. The average molecular weight is 1020 g/mol. The number of phenolic OH excluding ortho intramolecular Hbond substituents is 1. The third-order valence-electron chi connectivity index (χ3n) is 9.06. The zero-order chi connectivity index (χ0) is 50.6. The first-order valence-corrected chi connectivity index (χ1v) is 23.0. The molecule has 0 spiro atoms. The quantitative estimate of drug-likeness (QED) is 0.0353. The van der Waals surface area contributed by atoms with Crippen molar-refractivity contribution < 1.29 is 93.4 Å². The number of benzene rings is 5. The number of aliphatic hydroxyl groups excluding tert-OH is 2. The van der Waals surface area contributed by atoms with Crippen LogP contribution in [-0.2, 0) is 30.4 Å². The van der Waals surface area contributed by atoms with Crippen LogP contribution in [0, 0.1) is 0 Å². The van der Waals surface area contributed by atoms with E-state index in [9.17, 15) is 79.1 Å². The summed E-state index contributed by atoms with van der Waals surface area (Å²) in [5, 5.41) is 87.7. The summed E-state index contributed by atoms with van der Waals surface area (Å²) < 4.78 is 119. The second-order valence-electron chi connectivity index (χ2n) is 13.5. The first-order valence-electron chi connectivity index (χ1n) is 18.7. The lowest BCUT2D eigenvalue weighted by atomic mass is 10.1. The topological polar surface area (TPSA) is 438 Å². The van der Waals surface area contributed by atoms with Crippen LogP contribution >= 0.6 is 0 Å². The van der Waals surface area contributed by atoms with Gasteiger partial charge in [-0.15, -0.1) is 30.7 Å². The molecule has 0 saturated heterocycles. The van der Waals surface area contributed by atoms with Gasteiger partial charge < -0.3 is 44.8 Å². The molecule has 5 aromatic carbocycles. The fourth-order valence-electron chi connectivity index (χ4n) is 5.97. The van der Waals surface area contributed by atoms with Crippen LogP contribution in [0.15, 0.2) is 118 Å². The Morgan fingerprint density at radius 2 is 1.19 bits per heavy atom. The zero-order valence-electron chi connectivity index (χ0n) is 34.6. The van der Waals surface area contributed by atoms with Crippen LogP contribution in [0.25, 0.3) is 16.5 Å². The molecular formula is C38H32N8O20S3. The minimum atomic E-state index is -5.23. The minimum absolute atomic E-state index is 0.0485. The third-order valence-corrected chi connectivity index (χ3v) is 11.7. The number of rotatable bonds is 19. The normalized spacial score (nSPS) is 12.4. The molecule has 1 aromatic heterocycles. The van der Waals surface area contributed by atoms with E-state index in [1.54, 1.807) is 0 Å². The number of carboxylic acid groups (broad SMARTS) is 2. The Kier molecular flexibility index (Phi) is 14.6. The van der Waals surface area contributed by atoms with Crippen LogP contribution in [0.4, 0.5) is 34.1 Å². The molecule has 0 aliphatic rings. The molecule has 31 heteroatoms. The number of aliphatic hydroxyl groups is 2. The van der Waals surface area contributed by atoms with E-state index in [2.05, 4.69) is 35.8 Å². The first-order chi connectivity index (χ1) is 32.5. The van der Waals surface area contributed by atoms with Gasteiger partial charge in [0.05, 0.1) is 36.5 Å². The van der Waals surface area contributed by atoms with Crippen molar-refractivity contribution in [3.63, 3.8) is 0 Å². The largest absolute Gasteiger partial charge is 0.505 e. The van der Waals surface area contributed by atoms with Gasteiger partial charge in [0.1, 0.15) is 68.7 Å². The van der Waals surface area contributed by atoms with Gasteiger partial charge in [-0.2, -0.15) is 35.0 Å². The average Bonchev–Trinajstić information content (AvgIpc) is 3.63. The lowest BCUT2D eigenvalue weighted by Crippen LogP contribution is -2.04. The van der Waals surface area contributed by atoms with Gasteiger partial charge in [-0.1, -0.05) is 6.07 Å². The van der Waals surface area contributed by atoms with E-state index >= 15 is 0 Å². The number of aromatic carboxylic acids is 2. The van der Waals surface area contributed by atoms with Gasteiger partial charge in [0.2, 0.25) is 11.6 Å². The lowest BCUT2D eigenvalue weighted by molar-refractivity contribution is 0.0682. The second kappa shape index (κ2) is 20.1. The first kappa shape index (κ1) is 50.4. The summed E-state index contributed by atoms with van der Waals surface area (Å²) in [6.45, 7) is -1.89. The molecule has 6 rings (SSSR count). The number of fused-ring (bicyclic) bond motifs is 1. The summed E-state index contributed by atoms with van der Waals surface area (Å²) >= 11 is 0. The predicted octanol–water partition coefficient (Wildman–Crippen LogP) is 5.57. The molecular weight excluding hydrogens is 985 g/mol. The van der Waals surface area contributed by atoms with E-state index in [1.807, 2.05) is 0 Å². The van der Waals surface area contributed by atoms with E-state index in [4.69, 9.17) is 14.2 Å². The van der Waals surface area contributed by atoms with Crippen molar-refractivity contribution in [3.8, 4) is 34.6 Å². The van der Waals surface area contributed by atoms with Crippen molar-refractivity contribution in [2.75, 3.05) is 33.5 Å². The standard InChI is InChI=1S/C38H32N8O20S3/c1-64-20-4-6-25(30(14-20)68(58,59)60)40-41-26-16-29(66-11-9-48)27(17-28(26)65-10-8-47)42-43-32-31(69(61,62)63)12-18-2-3-19(13-22(18)35(32)49)46-36(50)33(34(45-46)38(53)54)44-39-24-7-5-21(67(55,56)57)15-23(24)37(51)52/h2-7,12-17,47-50H,8-11H2,1H3,(H,51,52)(H,53,54)(H,55,56,57)(H,58,59,60)(H,61,62,63). The van der Waals surface area contributed by atoms with E-state index in [1.165, 1.54) is 13.2 Å². The molecule has 6 aromatic rings. The summed E-state index contributed by atoms with van der Waals surface area (Å²) in [5.74, 6) is -5.99. The number of azo groups is 3. The van der Waals surface area contributed by atoms with Crippen molar-refractivity contribution in [3.05, 3.63) is 84.1 Å². The van der Waals surface area contributed by atoms with Gasteiger partial charge in [0, 0.05) is 23.6 Å². The lowest BCUT2D eigenvalue weighted by Gasteiger charge is -2.13. The third kappa shape index (κ3) is 11.2. The molecule has 69 heavy (non-hydrogen) atoms. The molecule has 0 atom stereocenters. The molecule has 362 valence electrons. The Morgan fingerprint density at radius 1 is 0.623 bits per heavy atom. The maximum absolute atomic E-state index is 12.7. The summed E-state index contributed by atoms with van der Waals surface area (Å²) in [7, 11) is -13.7. The number of methoxy groups -OCH3 is 1. The molecule has 0 fully saturated rings. The van der Waals surface area contributed by atoms with E-state index in [-0.39, 0.29) is 57.4 Å². The minimum Gasteiger partial charge on any atom is -0.505 e. The molecule has 9 N–H and O–H groups in total. The molecule has 0 unspecified atom stereocenters. The molecule has 0 amide bonds. The number of nitrogens with zero attached hydrogens (tertiary/aromatic N) is 8. The van der Waals surface area contributed by atoms with Gasteiger partial charge >= 0.3 is 11.9 Å². The van der Waals surface area contributed by atoms with Crippen molar-refractivity contribution >= 4 is 87.2 Å². The Morgan fingerprint density at radius 3 is 1.74 bits per heavy atom. The summed E-state index contributed by atoms with van der Waals surface area (Å²) in [6, 6.07) is 12.0. The fourth-order valence-corrected chi connectivity index (χ4v) is 7.77. The highest BCUT2D eigenvalue weighted by atomic mass is 32.2. The smallest absolute Gasteiger partial charge is 0.358 e. The molecule has 0 aliphatic carbocycles. The fraction of sp³-hybridized carbons (Fsp3) is 0.132. The number of carboxylic acids is 2. The van der Waals surface area contributed by atoms with Crippen LogP contribution in [0.1, 0.15) is 20.8 Å². The van der Waals surface area contributed by atoms with Crippen LogP contribution in [0.5, 0.6) is 28.9 Å². The number of aromatic hydroxyl groups is 2. The number of aromatic nitrogens is 2. The molecule has 0 bridgehead atoms. The molecule has 1 heterocycles. The number of hydrogen-bond donors (Lipinski definition) is 9. The van der Waals surface area contributed by atoms with E-state index in [0.717, 1.165) is 60.7 Å². The van der Waals surface area contributed by atoms with Gasteiger partial charge in [-0.05, 0) is 53.9 Å². The predicted molar refractivity (Wildman–Crippen MR) is 231 cm³/mol. The number of phenols is 1. The van der Waals surface area contributed by atoms with Gasteiger partial charge in [-0.3, -0.25) is 13.7 Å². The number of hydrogen-bond acceptors (Lipinski definition) is 22.